The van der Waals surface area contributed by atoms with Crippen LogP contribution in [0.3, 0.4) is 0 Å². The van der Waals surface area contributed by atoms with Gasteiger partial charge in [0.25, 0.3) is 5.91 Å². The van der Waals surface area contributed by atoms with Crippen molar-refractivity contribution >= 4 is 17.8 Å². The van der Waals surface area contributed by atoms with E-state index in [1.54, 1.807) is 6.07 Å². The summed E-state index contributed by atoms with van der Waals surface area (Å²) in [6.45, 7) is 0.134. The zero-order chi connectivity index (χ0) is 17.1. The molecule has 0 heterocycles. The average molecular weight is 323 g/mol. The van der Waals surface area contributed by atoms with Crippen LogP contribution in [0.25, 0.3) is 11.1 Å². The summed E-state index contributed by atoms with van der Waals surface area (Å²) in [5.41, 5.74) is 10.1. The van der Waals surface area contributed by atoms with Crippen molar-refractivity contribution in [1.29, 1.82) is 0 Å². The second-order valence-electron chi connectivity index (χ2n) is 5.62. The normalized spacial score (nSPS) is 11.3. The highest BCUT2D eigenvalue weighted by atomic mass is 16.2. The van der Waals surface area contributed by atoms with E-state index >= 15 is 0 Å². The third kappa shape index (κ3) is 3.27. The number of carbonyl (C=O) groups excluding carboxylic acids is 3. The van der Waals surface area contributed by atoms with Crippen LogP contribution in [0.1, 0.15) is 27.9 Å². The SMILES string of the molecule is NC(=O)NC(=O)CCNC(=O)c1ccc2c(c1)Cc1ccccc1-2. The molecule has 0 saturated carbocycles. The van der Waals surface area contributed by atoms with Crippen molar-refractivity contribution in [3.8, 4) is 11.1 Å². The maximum atomic E-state index is 12.2. The van der Waals surface area contributed by atoms with E-state index in [0.29, 0.717) is 5.56 Å². The first-order valence-corrected chi connectivity index (χ1v) is 7.63. The van der Waals surface area contributed by atoms with Gasteiger partial charge in [0, 0.05) is 18.5 Å². The molecule has 1 aliphatic rings. The lowest BCUT2D eigenvalue weighted by atomic mass is 10.0. The standard InChI is InChI=1S/C18H17N3O3/c19-18(24)21-16(22)7-8-20-17(23)12-5-6-15-13(10-12)9-11-3-1-2-4-14(11)15/h1-6,10H,7-9H2,(H,20,23)(H3,19,21,22,24). The fourth-order valence-corrected chi connectivity index (χ4v) is 2.88. The highest BCUT2D eigenvalue weighted by Gasteiger charge is 2.19. The number of hydrogen-bond acceptors (Lipinski definition) is 3. The van der Waals surface area contributed by atoms with Gasteiger partial charge in [-0.2, -0.15) is 0 Å². The van der Waals surface area contributed by atoms with Crippen molar-refractivity contribution in [1.82, 2.24) is 10.6 Å². The van der Waals surface area contributed by atoms with Gasteiger partial charge in [-0.1, -0.05) is 30.3 Å². The Balaban J connectivity index is 1.62. The second-order valence-corrected chi connectivity index (χ2v) is 5.62. The van der Waals surface area contributed by atoms with E-state index in [-0.39, 0.29) is 18.9 Å². The minimum Gasteiger partial charge on any atom is -0.352 e. The minimum atomic E-state index is -0.899. The second kappa shape index (κ2) is 6.54. The van der Waals surface area contributed by atoms with Crippen LogP contribution in [-0.4, -0.2) is 24.4 Å². The molecule has 1 aliphatic carbocycles. The number of rotatable bonds is 4. The van der Waals surface area contributed by atoms with E-state index in [1.165, 1.54) is 11.1 Å². The Hall–Kier alpha value is -3.15. The number of primary amides is 1. The minimum absolute atomic E-state index is 0.00887. The van der Waals surface area contributed by atoms with Crippen LogP contribution < -0.4 is 16.4 Å². The van der Waals surface area contributed by atoms with Gasteiger partial charge >= 0.3 is 6.03 Å². The highest BCUT2D eigenvalue weighted by Crippen LogP contribution is 2.36. The first-order chi connectivity index (χ1) is 11.5. The van der Waals surface area contributed by atoms with E-state index in [0.717, 1.165) is 17.5 Å². The molecule has 0 bridgehead atoms. The Kier molecular flexibility index (Phi) is 4.29. The topological polar surface area (TPSA) is 101 Å². The summed E-state index contributed by atoms with van der Waals surface area (Å²) in [5.74, 6) is -0.771. The summed E-state index contributed by atoms with van der Waals surface area (Å²) in [5, 5.41) is 4.61. The van der Waals surface area contributed by atoms with Crippen molar-refractivity contribution in [3.63, 3.8) is 0 Å². The van der Waals surface area contributed by atoms with Crippen molar-refractivity contribution in [2.45, 2.75) is 12.8 Å². The number of fused-ring (bicyclic) bond motifs is 3. The predicted molar refractivity (Wildman–Crippen MR) is 89.4 cm³/mol. The maximum Gasteiger partial charge on any atom is 0.318 e. The smallest absolute Gasteiger partial charge is 0.318 e. The number of carbonyl (C=O) groups is 3. The Morgan fingerprint density at radius 1 is 1.00 bits per heavy atom. The average Bonchev–Trinajstić information content (AvgIpc) is 2.91. The molecule has 0 atom stereocenters. The van der Waals surface area contributed by atoms with Crippen LogP contribution in [0, 0.1) is 0 Å². The molecule has 2 aromatic rings. The molecule has 4 N–H and O–H groups in total. The first kappa shape index (κ1) is 15.7. The van der Waals surface area contributed by atoms with Crippen LogP contribution in [0.2, 0.25) is 0 Å². The molecule has 2 aromatic carbocycles. The van der Waals surface area contributed by atoms with Gasteiger partial charge in [0.05, 0.1) is 0 Å². The largest absolute Gasteiger partial charge is 0.352 e. The summed E-state index contributed by atoms with van der Waals surface area (Å²) >= 11 is 0. The summed E-state index contributed by atoms with van der Waals surface area (Å²) in [6.07, 6.45) is 0.804. The van der Waals surface area contributed by atoms with Crippen molar-refractivity contribution in [3.05, 3.63) is 59.2 Å². The Morgan fingerprint density at radius 3 is 2.54 bits per heavy atom. The molecule has 6 heteroatoms. The van der Waals surface area contributed by atoms with E-state index < -0.39 is 11.9 Å². The number of hydrogen-bond donors (Lipinski definition) is 3. The molecule has 0 radical (unpaired) electrons. The Morgan fingerprint density at radius 2 is 1.75 bits per heavy atom. The van der Waals surface area contributed by atoms with Crippen LogP contribution in [0.5, 0.6) is 0 Å². The fraction of sp³-hybridized carbons (Fsp3) is 0.167. The molecule has 0 unspecified atom stereocenters. The van der Waals surface area contributed by atoms with Gasteiger partial charge in [-0.25, -0.2) is 4.79 Å². The molecule has 4 amide bonds. The lowest BCUT2D eigenvalue weighted by Crippen LogP contribution is -2.37. The molecular formula is C18H17N3O3. The quantitative estimate of drug-likeness (QED) is 0.679. The molecule has 0 aliphatic heterocycles. The number of nitrogens with one attached hydrogen (secondary N) is 2. The third-order valence-electron chi connectivity index (χ3n) is 3.96. The van der Waals surface area contributed by atoms with E-state index in [9.17, 15) is 14.4 Å². The van der Waals surface area contributed by atoms with E-state index in [2.05, 4.69) is 17.4 Å². The molecule has 0 spiro atoms. The maximum absolute atomic E-state index is 12.2. The van der Waals surface area contributed by atoms with Gasteiger partial charge in [-0.15, -0.1) is 0 Å². The summed E-state index contributed by atoms with van der Waals surface area (Å²) < 4.78 is 0. The van der Waals surface area contributed by atoms with Gasteiger partial charge in [-0.3, -0.25) is 14.9 Å². The highest BCUT2D eigenvalue weighted by molar-refractivity contribution is 5.96. The van der Waals surface area contributed by atoms with Crippen LogP contribution in [0.15, 0.2) is 42.5 Å². The van der Waals surface area contributed by atoms with Crippen LogP contribution in [-0.2, 0) is 11.2 Å². The molecule has 3 rings (SSSR count). The van der Waals surface area contributed by atoms with Crippen LogP contribution in [0.4, 0.5) is 4.79 Å². The van der Waals surface area contributed by atoms with Gasteiger partial charge in [0.1, 0.15) is 0 Å². The van der Waals surface area contributed by atoms with Crippen LogP contribution >= 0.6 is 0 Å². The zero-order valence-corrected chi connectivity index (χ0v) is 13.0. The molecule has 0 saturated heterocycles. The lowest BCUT2D eigenvalue weighted by molar-refractivity contribution is -0.119. The number of nitrogens with two attached hydrogens (primary N) is 1. The summed E-state index contributed by atoms with van der Waals surface area (Å²) in [6, 6.07) is 12.9. The van der Waals surface area contributed by atoms with Gasteiger partial charge in [0.2, 0.25) is 5.91 Å². The fourth-order valence-electron chi connectivity index (χ4n) is 2.88. The third-order valence-corrected chi connectivity index (χ3v) is 3.96. The van der Waals surface area contributed by atoms with Gasteiger partial charge < -0.3 is 11.1 Å². The van der Waals surface area contributed by atoms with E-state index in [4.69, 9.17) is 5.73 Å². The lowest BCUT2D eigenvalue weighted by Gasteiger charge is -2.07. The molecular weight excluding hydrogens is 306 g/mol. The first-order valence-electron chi connectivity index (χ1n) is 7.63. The van der Waals surface area contributed by atoms with Crippen molar-refractivity contribution in [2.24, 2.45) is 5.73 Å². The Labute approximate surface area is 139 Å². The number of benzene rings is 2. The monoisotopic (exact) mass is 323 g/mol. The van der Waals surface area contributed by atoms with Gasteiger partial charge in [0.15, 0.2) is 0 Å². The molecule has 122 valence electrons. The number of urea groups is 1. The summed E-state index contributed by atoms with van der Waals surface area (Å²) in [4.78, 5) is 34.0. The zero-order valence-electron chi connectivity index (χ0n) is 13.0. The summed E-state index contributed by atoms with van der Waals surface area (Å²) in [7, 11) is 0. The van der Waals surface area contributed by atoms with Gasteiger partial charge in [-0.05, 0) is 40.8 Å². The number of amides is 4. The molecule has 0 fully saturated rings. The van der Waals surface area contributed by atoms with Crippen molar-refractivity contribution in [2.75, 3.05) is 6.54 Å². The predicted octanol–water partition coefficient (Wildman–Crippen LogP) is 1.57. The number of imide groups is 1. The van der Waals surface area contributed by atoms with Crippen molar-refractivity contribution < 1.29 is 14.4 Å². The molecule has 0 aromatic heterocycles. The molecule has 24 heavy (non-hydrogen) atoms. The van der Waals surface area contributed by atoms with E-state index in [1.807, 2.05) is 29.6 Å². The Bertz CT molecular complexity index is 830. The molecule has 6 nitrogen and oxygen atoms in total.